The molecule has 3 heterocycles. The molecule has 1 unspecified atom stereocenters. The van der Waals surface area contributed by atoms with Crippen LogP contribution in [0, 0.1) is 6.92 Å². The summed E-state index contributed by atoms with van der Waals surface area (Å²) < 4.78 is 15.7. The molecular formula is C30H35N9O6. The molecule has 0 radical (unpaired) electrons. The number of rotatable bonds is 12. The van der Waals surface area contributed by atoms with Crippen LogP contribution in [0.2, 0.25) is 0 Å². The molecule has 5 aromatic rings. The molecule has 7 N–H and O–H groups in total. The number of ether oxygens (including phenoxy) is 2. The van der Waals surface area contributed by atoms with Crippen LogP contribution in [0.1, 0.15) is 45.3 Å². The number of benzene rings is 2. The second-order valence-electron chi connectivity index (χ2n) is 10.1. The van der Waals surface area contributed by atoms with Gasteiger partial charge in [-0.3, -0.25) is 14.8 Å². The van der Waals surface area contributed by atoms with Gasteiger partial charge in [-0.2, -0.15) is 5.10 Å². The second kappa shape index (κ2) is 13.2. The second-order valence-corrected chi connectivity index (χ2v) is 10.1. The Morgan fingerprint density at radius 2 is 1.84 bits per heavy atom. The van der Waals surface area contributed by atoms with Gasteiger partial charge in [-0.25, -0.2) is 14.8 Å². The number of aliphatic hydroxyl groups is 2. The van der Waals surface area contributed by atoms with Crippen LogP contribution in [0.15, 0.2) is 48.6 Å². The fourth-order valence-electron chi connectivity index (χ4n) is 5.04. The van der Waals surface area contributed by atoms with Gasteiger partial charge in [0, 0.05) is 25.2 Å². The van der Waals surface area contributed by atoms with Crippen molar-refractivity contribution in [3.05, 3.63) is 71.1 Å². The number of imidazole rings is 2. The first-order valence-corrected chi connectivity index (χ1v) is 14.2. The van der Waals surface area contributed by atoms with E-state index >= 15 is 0 Å². The molecule has 0 fully saturated rings. The van der Waals surface area contributed by atoms with Crippen molar-refractivity contribution >= 4 is 45.8 Å². The fraction of sp³-hybridized carbons (Fsp3) is 0.300. The van der Waals surface area contributed by atoms with Crippen molar-refractivity contribution in [2.24, 2.45) is 5.73 Å². The first kappa shape index (κ1) is 31.2. The average Bonchev–Trinajstić information content (AvgIpc) is 3.68. The van der Waals surface area contributed by atoms with Gasteiger partial charge in [0.15, 0.2) is 0 Å². The summed E-state index contributed by atoms with van der Waals surface area (Å²) in [6.45, 7) is 4.66. The summed E-state index contributed by atoms with van der Waals surface area (Å²) in [7, 11) is 1.30. The number of allylic oxidation sites excluding steroid dienone is 2. The molecule has 0 aliphatic heterocycles. The van der Waals surface area contributed by atoms with Gasteiger partial charge in [-0.15, -0.1) is 0 Å². The van der Waals surface area contributed by atoms with Gasteiger partial charge in [0.05, 0.1) is 41.5 Å². The Bertz CT molecular complexity index is 1900. The van der Waals surface area contributed by atoms with Crippen molar-refractivity contribution in [3.8, 4) is 5.75 Å². The number of aliphatic hydroxyl groups excluding tert-OH is 2. The van der Waals surface area contributed by atoms with E-state index in [-0.39, 0.29) is 31.0 Å². The van der Waals surface area contributed by atoms with Crippen LogP contribution in [0.3, 0.4) is 0 Å². The zero-order valence-corrected chi connectivity index (χ0v) is 25.1. The van der Waals surface area contributed by atoms with Crippen LogP contribution in [0.4, 0.5) is 11.9 Å². The van der Waals surface area contributed by atoms with Gasteiger partial charge in [-0.05, 0) is 50.2 Å². The van der Waals surface area contributed by atoms with E-state index in [0.717, 1.165) is 0 Å². The first-order valence-electron chi connectivity index (χ1n) is 14.2. The number of methoxy groups -OCH3 is 1. The van der Waals surface area contributed by atoms with E-state index in [1.165, 1.54) is 7.11 Å². The molecular weight excluding hydrogens is 582 g/mol. The number of fused-ring (bicyclic) bond motifs is 2. The number of anilines is 2. The number of carbonyl (C=O) groups excluding carboxylic acids is 2. The maximum absolute atomic E-state index is 13.3. The van der Waals surface area contributed by atoms with Gasteiger partial charge in [0.1, 0.15) is 29.8 Å². The lowest BCUT2D eigenvalue weighted by atomic mass is 10.1. The van der Waals surface area contributed by atoms with Crippen LogP contribution in [-0.4, -0.2) is 71.3 Å². The Morgan fingerprint density at radius 3 is 2.53 bits per heavy atom. The molecule has 0 aliphatic carbocycles. The predicted octanol–water partition coefficient (Wildman–Crippen LogP) is 2.11. The quantitative estimate of drug-likeness (QED) is 0.0777. The number of carbonyl (C=O) groups is 2. The highest BCUT2D eigenvalue weighted by atomic mass is 16.5. The van der Waals surface area contributed by atoms with E-state index < -0.39 is 12.2 Å². The zero-order valence-electron chi connectivity index (χ0n) is 25.1. The van der Waals surface area contributed by atoms with E-state index in [2.05, 4.69) is 20.4 Å². The molecule has 15 nitrogen and oxygen atoms in total. The number of aryl methyl sites for hydroxylation is 2. The Balaban J connectivity index is 1.46. The summed E-state index contributed by atoms with van der Waals surface area (Å²) in [5.41, 5.74) is 16.0. The molecule has 3 aromatic heterocycles. The smallest absolute Gasteiger partial charge is 0.337 e. The van der Waals surface area contributed by atoms with Crippen molar-refractivity contribution in [2.45, 2.75) is 39.7 Å². The molecule has 0 spiro atoms. The lowest BCUT2D eigenvalue weighted by Crippen LogP contribution is -2.19. The van der Waals surface area contributed by atoms with E-state index in [4.69, 9.17) is 20.9 Å². The van der Waals surface area contributed by atoms with Crippen LogP contribution < -0.4 is 21.5 Å². The number of nitrogens with zero attached hydrogens (tertiary/aromatic N) is 6. The Morgan fingerprint density at radius 1 is 1.09 bits per heavy atom. The third kappa shape index (κ3) is 6.35. The summed E-state index contributed by atoms with van der Waals surface area (Å²) in [4.78, 5) is 34.5. The Hall–Kier alpha value is -5.25. The summed E-state index contributed by atoms with van der Waals surface area (Å²) in [5, 5.41) is 26.5. The first-order chi connectivity index (χ1) is 21.6. The van der Waals surface area contributed by atoms with Gasteiger partial charge in [0.25, 0.3) is 5.91 Å². The number of hydrogen-bond donors (Lipinski definition) is 5. The number of amides is 1. The van der Waals surface area contributed by atoms with Crippen molar-refractivity contribution < 1.29 is 29.3 Å². The highest BCUT2D eigenvalue weighted by Crippen LogP contribution is 2.31. The summed E-state index contributed by atoms with van der Waals surface area (Å²) in [5.74, 6) is -0.0112. The highest BCUT2D eigenvalue weighted by Gasteiger charge is 2.20. The molecule has 45 heavy (non-hydrogen) atoms. The lowest BCUT2D eigenvalue weighted by Gasteiger charge is -2.12. The normalized spacial score (nSPS) is 12.3. The topological polar surface area (TPSA) is 211 Å². The monoisotopic (exact) mass is 617 g/mol. The number of nitrogens with two attached hydrogens (primary N) is 2. The molecule has 5 rings (SSSR count). The van der Waals surface area contributed by atoms with Crippen LogP contribution in [0.5, 0.6) is 5.75 Å². The SMILES string of the molecule is CCn1nc(C)cc1C(=O)Nc1nc2cc(C(=O)OC)ccc2n1C/C=C/Cn1c(N)nc2cc(C(N)O)cc(OCCO)c21. The number of esters is 1. The molecule has 2 aromatic carbocycles. The predicted molar refractivity (Wildman–Crippen MR) is 167 cm³/mol. The van der Waals surface area contributed by atoms with Gasteiger partial charge < -0.3 is 40.3 Å². The third-order valence-electron chi connectivity index (χ3n) is 7.12. The molecule has 0 bridgehead atoms. The highest BCUT2D eigenvalue weighted by molar-refractivity contribution is 6.03. The van der Waals surface area contributed by atoms with Crippen molar-refractivity contribution in [1.29, 1.82) is 0 Å². The van der Waals surface area contributed by atoms with Crippen LogP contribution in [-0.2, 0) is 24.4 Å². The van der Waals surface area contributed by atoms with Gasteiger partial charge >= 0.3 is 5.97 Å². The number of nitrogen functional groups attached to an aromatic ring is 1. The maximum Gasteiger partial charge on any atom is 0.337 e. The zero-order chi connectivity index (χ0) is 32.2. The molecule has 15 heteroatoms. The van der Waals surface area contributed by atoms with E-state index in [0.29, 0.717) is 70.0 Å². The Labute approximate surface area is 257 Å². The molecule has 1 atom stereocenters. The molecule has 0 aliphatic rings. The minimum Gasteiger partial charge on any atom is -0.489 e. The number of aromatic nitrogens is 6. The summed E-state index contributed by atoms with van der Waals surface area (Å²) >= 11 is 0. The molecule has 236 valence electrons. The van der Waals surface area contributed by atoms with E-state index in [9.17, 15) is 19.8 Å². The number of nitrogens with one attached hydrogen (secondary N) is 1. The van der Waals surface area contributed by atoms with E-state index in [1.807, 2.05) is 30.6 Å². The van der Waals surface area contributed by atoms with Gasteiger partial charge in [-0.1, -0.05) is 12.2 Å². The van der Waals surface area contributed by atoms with Gasteiger partial charge in [0.2, 0.25) is 11.9 Å². The van der Waals surface area contributed by atoms with Crippen LogP contribution in [0.25, 0.3) is 22.1 Å². The van der Waals surface area contributed by atoms with E-state index in [1.54, 1.807) is 45.6 Å². The van der Waals surface area contributed by atoms with Crippen molar-refractivity contribution in [3.63, 3.8) is 0 Å². The average molecular weight is 618 g/mol. The molecule has 1 amide bonds. The third-order valence-corrected chi connectivity index (χ3v) is 7.12. The molecule has 0 saturated carbocycles. The molecule has 0 saturated heterocycles. The largest absolute Gasteiger partial charge is 0.489 e. The fourth-order valence-corrected chi connectivity index (χ4v) is 5.04. The minimum atomic E-state index is -1.24. The lowest BCUT2D eigenvalue weighted by molar-refractivity contribution is 0.0600. The maximum atomic E-state index is 13.3. The van der Waals surface area contributed by atoms with Crippen molar-refractivity contribution in [2.75, 3.05) is 31.4 Å². The summed E-state index contributed by atoms with van der Waals surface area (Å²) in [6, 6.07) is 9.91. The van der Waals surface area contributed by atoms with Crippen LogP contribution >= 0.6 is 0 Å². The number of hydrogen-bond acceptors (Lipinski definition) is 11. The summed E-state index contributed by atoms with van der Waals surface area (Å²) in [6.07, 6.45) is 2.50. The van der Waals surface area contributed by atoms with Crippen molar-refractivity contribution in [1.82, 2.24) is 28.9 Å². The standard InChI is InChI=1S/C30H35N9O6/c1-4-39-23(13-17(2)36-39)27(42)35-30-34-20-14-18(28(43)44-3)7-8-22(20)37(30)9-5-6-10-38-25-21(33-29(38)32)15-19(26(31)41)16-24(25)45-12-11-40/h5-8,13-16,26,40-41H,4,9-12,31H2,1-3H3,(H2,32,33)(H,34,35,42)/b6-5+. The minimum absolute atomic E-state index is 0.0264. The Kier molecular flexibility index (Phi) is 9.13.